The summed E-state index contributed by atoms with van der Waals surface area (Å²) in [6, 6.07) is 0.555. The predicted octanol–water partition coefficient (Wildman–Crippen LogP) is 0.458. The lowest BCUT2D eigenvalue weighted by Crippen LogP contribution is -2.36. The molecule has 3 amide bonds. The summed E-state index contributed by atoms with van der Waals surface area (Å²) in [4.78, 5) is 22.2. The highest BCUT2D eigenvalue weighted by Gasteiger charge is 2.42. The third-order valence-electron chi connectivity index (χ3n) is 3.36. The van der Waals surface area contributed by atoms with Gasteiger partial charge in [0.15, 0.2) is 0 Å². The fraction of sp³-hybridized carbons (Fsp3) is 0.818. The minimum Gasteiger partial charge on any atom is -0.359 e. The summed E-state index contributed by atoms with van der Waals surface area (Å²) in [5.41, 5.74) is 0. The monoisotopic (exact) mass is 257 g/mol. The Labute approximate surface area is 105 Å². The van der Waals surface area contributed by atoms with Crippen molar-refractivity contribution in [3.05, 3.63) is 0 Å². The van der Waals surface area contributed by atoms with Crippen molar-refractivity contribution in [2.75, 3.05) is 12.8 Å². The van der Waals surface area contributed by atoms with E-state index in [1.54, 1.807) is 7.05 Å². The van der Waals surface area contributed by atoms with E-state index in [1.807, 2.05) is 11.8 Å². The Kier molecular flexibility index (Phi) is 4.15. The Hall–Kier alpha value is -0.910. The quantitative estimate of drug-likeness (QED) is 0.495. The molecule has 3 N–H and O–H groups in total. The van der Waals surface area contributed by atoms with Gasteiger partial charge in [0.25, 0.3) is 0 Å². The average Bonchev–Trinajstić information content (AvgIpc) is 2.84. The molecule has 0 aromatic heterocycles. The van der Waals surface area contributed by atoms with Crippen LogP contribution in [-0.2, 0) is 4.79 Å². The normalized spacial score (nSPS) is 30.6. The van der Waals surface area contributed by atoms with E-state index in [-0.39, 0.29) is 18.0 Å². The number of hydrogen-bond donors (Lipinski definition) is 3. The van der Waals surface area contributed by atoms with Crippen LogP contribution in [0.5, 0.6) is 0 Å². The maximum atomic E-state index is 11.2. The van der Waals surface area contributed by atoms with Gasteiger partial charge in [-0.2, -0.15) is 11.8 Å². The molecule has 2 fully saturated rings. The van der Waals surface area contributed by atoms with Gasteiger partial charge in [-0.05, 0) is 12.8 Å². The largest absolute Gasteiger partial charge is 0.359 e. The highest BCUT2D eigenvalue weighted by atomic mass is 32.2. The number of hydrogen-bond acceptors (Lipinski definition) is 3. The lowest BCUT2D eigenvalue weighted by molar-refractivity contribution is -0.120. The molecule has 0 radical (unpaired) electrons. The maximum absolute atomic E-state index is 11.2. The van der Waals surface area contributed by atoms with Crippen LogP contribution in [0.4, 0.5) is 4.79 Å². The van der Waals surface area contributed by atoms with Crippen molar-refractivity contribution < 1.29 is 9.59 Å². The molecule has 96 valence electrons. The summed E-state index contributed by atoms with van der Waals surface area (Å²) < 4.78 is 0. The molecule has 2 aliphatic heterocycles. The first kappa shape index (κ1) is 12.5. The van der Waals surface area contributed by atoms with Gasteiger partial charge >= 0.3 is 6.03 Å². The number of carbonyl (C=O) groups is 2. The summed E-state index contributed by atoms with van der Waals surface area (Å²) in [7, 11) is 1.67. The molecule has 2 saturated heterocycles. The molecule has 0 aromatic rings. The van der Waals surface area contributed by atoms with E-state index in [9.17, 15) is 9.59 Å². The van der Waals surface area contributed by atoms with Crippen LogP contribution in [0.2, 0.25) is 0 Å². The maximum Gasteiger partial charge on any atom is 0.315 e. The first-order valence-corrected chi connectivity index (χ1v) is 7.15. The lowest BCUT2D eigenvalue weighted by atomic mass is 10.0. The van der Waals surface area contributed by atoms with Gasteiger partial charge in [-0.25, -0.2) is 4.79 Å². The second-order valence-electron chi connectivity index (χ2n) is 4.54. The lowest BCUT2D eigenvalue weighted by Gasteiger charge is -2.16. The van der Waals surface area contributed by atoms with Crippen LogP contribution in [0, 0.1) is 0 Å². The van der Waals surface area contributed by atoms with Crippen LogP contribution in [0.3, 0.4) is 0 Å². The summed E-state index contributed by atoms with van der Waals surface area (Å²) in [6.07, 6.45) is 3.65. The number of urea groups is 1. The molecule has 0 spiro atoms. The molecule has 2 unspecified atom stereocenters. The van der Waals surface area contributed by atoms with Crippen molar-refractivity contribution in [2.24, 2.45) is 0 Å². The summed E-state index contributed by atoms with van der Waals surface area (Å²) in [5.74, 6) is 1.11. The van der Waals surface area contributed by atoms with Gasteiger partial charge in [-0.15, -0.1) is 0 Å². The topological polar surface area (TPSA) is 70.2 Å². The van der Waals surface area contributed by atoms with Gasteiger partial charge in [-0.1, -0.05) is 6.42 Å². The Balaban J connectivity index is 1.66. The third kappa shape index (κ3) is 3.06. The molecular formula is C11H19N3O2S. The standard InChI is InChI=1S/C11H19N3O2S/c1-12-9(15)5-3-2-4-8-10-7(6-17-8)13-11(16)14-10/h7-8,10H,2-6H2,1H3,(H,12,15)(H2,13,14,16)/t7?,8-,10?/m1/s1. The Morgan fingerprint density at radius 3 is 3.06 bits per heavy atom. The second-order valence-corrected chi connectivity index (χ2v) is 5.81. The summed E-state index contributed by atoms with van der Waals surface area (Å²) >= 11 is 1.92. The predicted molar refractivity (Wildman–Crippen MR) is 68.0 cm³/mol. The molecule has 0 saturated carbocycles. The van der Waals surface area contributed by atoms with E-state index in [2.05, 4.69) is 16.0 Å². The van der Waals surface area contributed by atoms with Crippen molar-refractivity contribution in [1.82, 2.24) is 16.0 Å². The van der Waals surface area contributed by atoms with Crippen LogP contribution < -0.4 is 16.0 Å². The molecule has 17 heavy (non-hydrogen) atoms. The van der Waals surface area contributed by atoms with E-state index >= 15 is 0 Å². The molecular weight excluding hydrogens is 238 g/mol. The van der Waals surface area contributed by atoms with Gasteiger partial charge in [0.2, 0.25) is 5.91 Å². The highest BCUT2D eigenvalue weighted by molar-refractivity contribution is 8.00. The average molecular weight is 257 g/mol. The van der Waals surface area contributed by atoms with Crippen LogP contribution in [0.25, 0.3) is 0 Å². The number of thioether (sulfide) groups is 1. The van der Waals surface area contributed by atoms with Crippen molar-refractivity contribution in [3.63, 3.8) is 0 Å². The second kappa shape index (κ2) is 5.62. The molecule has 0 bridgehead atoms. The van der Waals surface area contributed by atoms with Gasteiger partial charge in [0.1, 0.15) is 0 Å². The smallest absolute Gasteiger partial charge is 0.315 e. The van der Waals surface area contributed by atoms with E-state index < -0.39 is 0 Å². The SMILES string of the molecule is CNC(=O)CCCC[C@H]1SCC2NC(=O)NC21. The van der Waals surface area contributed by atoms with Gasteiger partial charge in [-0.3, -0.25) is 4.79 Å². The zero-order valence-electron chi connectivity index (χ0n) is 9.99. The number of carbonyl (C=O) groups excluding carboxylic acids is 2. The van der Waals surface area contributed by atoms with E-state index in [0.717, 1.165) is 25.0 Å². The zero-order valence-corrected chi connectivity index (χ0v) is 10.8. The van der Waals surface area contributed by atoms with E-state index in [1.165, 1.54) is 0 Å². The molecule has 3 atom stereocenters. The minimum atomic E-state index is -0.0318. The van der Waals surface area contributed by atoms with Crippen molar-refractivity contribution in [3.8, 4) is 0 Å². The number of unbranched alkanes of at least 4 members (excludes halogenated alkanes) is 1. The molecule has 5 nitrogen and oxygen atoms in total. The van der Waals surface area contributed by atoms with Crippen LogP contribution in [0.1, 0.15) is 25.7 Å². The van der Waals surface area contributed by atoms with E-state index in [4.69, 9.17) is 0 Å². The Bertz CT molecular complexity index is 311. The van der Waals surface area contributed by atoms with Gasteiger partial charge < -0.3 is 16.0 Å². The van der Waals surface area contributed by atoms with Crippen LogP contribution in [-0.4, -0.2) is 42.1 Å². The van der Waals surface area contributed by atoms with Crippen LogP contribution in [0.15, 0.2) is 0 Å². The Morgan fingerprint density at radius 1 is 1.47 bits per heavy atom. The molecule has 0 aliphatic carbocycles. The fourth-order valence-corrected chi connectivity index (χ4v) is 3.94. The third-order valence-corrected chi connectivity index (χ3v) is 4.87. The Morgan fingerprint density at radius 2 is 2.29 bits per heavy atom. The highest BCUT2D eigenvalue weighted by Crippen LogP contribution is 2.33. The van der Waals surface area contributed by atoms with E-state index in [0.29, 0.717) is 17.7 Å². The van der Waals surface area contributed by atoms with Crippen molar-refractivity contribution in [2.45, 2.75) is 43.0 Å². The number of amides is 3. The number of fused-ring (bicyclic) bond motifs is 1. The fourth-order valence-electron chi connectivity index (χ4n) is 2.40. The van der Waals surface area contributed by atoms with Crippen molar-refractivity contribution >= 4 is 23.7 Å². The summed E-state index contributed by atoms with van der Waals surface area (Å²) in [6.45, 7) is 0. The molecule has 2 heterocycles. The molecule has 2 aliphatic rings. The first-order chi connectivity index (χ1) is 8.20. The van der Waals surface area contributed by atoms with Gasteiger partial charge in [0, 0.05) is 24.5 Å². The molecule has 2 rings (SSSR count). The number of nitrogens with one attached hydrogen (secondary N) is 3. The van der Waals surface area contributed by atoms with Gasteiger partial charge in [0.05, 0.1) is 12.1 Å². The van der Waals surface area contributed by atoms with Crippen LogP contribution >= 0.6 is 11.8 Å². The number of rotatable bonds is 5. The minimum absolute atomic E-state index is 0.0318. The zero-order chi connectivity index (χ0) is 12.3. The summed E-state index contributed by atoms with van der Waals surface area (Å²) in [5, 5.41) is 9.03. The molecule has 6 heteroatoms. The first-order valence-electron chi connectivity index (χ1n) is 6.10. The molecule has 0 aromatic carbocycles. The van der Waals surface area contributed by atoms with Crippen molar-refractivity contribution in [1.29, 1.82) is 0 Å².